The maximum atomic E-state index is 13.0. The van der Waals surface area contributed by atoms with Crippen LogP contribution in [0.3, 0.4) is 0 Å². The zero-order valence-corrected chi connectivity index (χ0v) is 57.6. The molecule has 19 heteroatoms. The average molecular weight is 1270 g/mol. The highest BCUT2D eigenvalue weighted by atomic mass is 31.2. The van der Waals surface area contributed by atoms with Crippen molar-refractivity contribution >= 4 is 39.5 Å². The Labute approximate surface area is 524 Å². The highest BCUT2D eigenvalue weighted by Gasteiger charge is 2.30. The first kappa shape index (κ1) is 84.1. The number of aliphatic hydroxyl groups is 1. The molecule has 0 rings (SSSR count). The van der Waals surface area contributed by atoms with Crippen LogP contribution in [0, 0.1) is 17.8 Å². The molecule has 0 fully saturated rings. The molecule has 0 aliphatic heterocycles. The average Bonchev–Trinajstić information content (AvgIpc) is 3.65. The Kier molecular flexibility index (Phi) is 56.9. The van der Waals surface area contributed by atoms with Crippen LogP contribution in [0.15, 0.2) is 0 Å². The van der Waals surface area contributed by atoms with E-state index >= 15 is 0 Å². The van der Waals surface area contributed by atoms with Gasteiger partial charge in [-0.2, -0.15) is 0 Å². The number of phosphoric acid groups is 2. The largest absolute Gasteiger partial charge is 0.472 e. The normalized spacial score (nSPS) is 14.6. The molecule has 0 radical (unpaired) electrons. The van der Waals surface area contributed by atoms with Crippen LogP contribution in [0.1, 0.15) is 331 Å². The Hall–Kier alpha value is -1.94. The smallest absolute Gasteiger partial charge is 0.462 e. The van der Waals surface area contributed by atoms with E-state index in [0.29, 0.717) is 31.6 Å². The van der Waals surface area contributed by atoms with Crippen molar-refractivity contribution in [3.05, 3.63) is 0 Å². The van der Waals surface area contributed by atoms with Gasteiger partial charge in [-0.25, -0.2) is 9.13 Å². The Morgan fingerprint density at radius 1 is 0.337 bits per heavy atom. The van der Waals surface area contributed by atoms with Gasteiger partial charge in [-0.05, 0) is 43.4 Å². The van der Waals surface area contributed by atoms with Gasteiger partial charge in [-0.3, -0.25) is 37.3 Å². The third kappa shape index (κ3) is 59.7. The van der Waals surface area contributed by atoms with Gasteiger partial charge < -0.3 is 33.8 Å². The Morgan fingerprint density at radius 3 is 0.884 bits per heavy atom. The summed E-state index contributed by atoms with van der Waals surface area (Å²) < 4.78 is 68.1. The lowest BCUT2D eigenvalue weighted by Crippen LogP contribution is -2.30. The molecule has 0 aromatic heterocycles. The highest BCUT2D eigenvalue weighted by molar-refractivity contribution is 7.47. The summed E-state index contributed by atoms with van der Waals surface area (Å²) in [5, 5.41) is 10.6. The second-order valence-electron chi connectivity index (χ2n) is 25.4. The molecule has 17 nitrogen and oxygen atoms in total. The summed E-state index contributed by atoms with van der Waals surface area (Å²) in [4.78, 5) is 72.3. The number of hydrogen-bond acceptors (Lipinski definition) is 15. The summed E-state index contributed by atoms with van der Waals surface area (Å²) >= 11 is 0. The number of esters is 4. The number of rotatable bonds is 65. The molecular formula is C67H130O17P2. The van der Waals surface area contributed by atoms with Gasteiger partial charge in [-0.1, -0.05) is 280 Å². The molecule has 3 N–H and O–H groups in total. The van der Waals surface area contributed by atoms with Crippen molar-refractivity contribution < 1.29 is 80.2 Å². The van der Waals surface area contributed by atoms with Crippen LogP contribution in [0.2, 0.25) is 0 Å². The molecule has 0 spiro atoms. The van der Waals surface area contributed by atoms with Crippen LogP contribution >= 0.6 is 15.6 Å². The molecule has 0 saturated heterocycles. The first-order valence-electron chi connectivity index (χ1n) is 34.9. The van der Waals surface area contributed by atoms with Crippen LogP contribution in [0.4, 0.5) is 0 Å². The maximum Gasteiger partial charge on any atom is 0.472 e. The summed E-state index contributed by atoms with van der Waals surface area (Å²) in [6, 6.07) is 0. The lowest BCUT2D eigenvalue weighted by molar-refractivity contribution is -0.161. The van der Waals surface area contributed by atoms with Gasteiger partial charge in [0.15, 0.2) is 12.2 Å². The molecule has 510 valence electrons. The van der Waals surface area contributed by atoms with Crippen LogP contribution in [-0.2, 0) is 65.4 Å². The molecule has 86 heavy (non-hydrogen) atoms. The fourth-order valence-electron chi connectivity index (χ4n) is 9.98. The molecule has 0 aromatic rings. The Bertz CT molecular complexity index is 1700. The van der Waals surface area contributed by atoms with E-state index in [2.05, 4.69) is 48.5 Å². The molecule has 3 unspecified atom stereocenters. The zero-order chi connectivity index (χ0) is 63.8. The first-order valence-corrected chi connectivity index (χ1v) is 37.9. The van der Waals surface area contributed by atoms with Crippen molar-refractivity contribution in [1.29, 1.82) is 0 Å². The van der Waals surface area contributed by atoms with E-state index in [-0.39, 0.29) is 25.7 Å². The van der Waals surface area contributed by atoms with Gasteiger partial charge in [0, 0.05) is 25.7 Å². The molecule has 0 aliphatic rings. The number of carbonyl (C=O) groups is 4. The number of unbranched alkanes of at least 4 members (excludes halogenated alkanes) is 32. The van der Waals surface area contributed by atoms with Crippen molar-refractivity contribution in [3.63, 3.8) is 0 Å². The molecule has 0 bridgehead atoms. The van der Waals surface area contributed by atoms with Crippen molar-refractivity contribution in [2.45, 2.75) is 349 Å². The molecule has 0 amide bonds. The monoisotopic (exact) mass is 1270 g/mol. The quantitative estimate of drug-likeness (QED) is 0.0222. The number of carbonyl (C=O) groups excluding carboxylic acids is 4. The van der Waals surface area contributed by atoms with Crippen molar-refractivity contribution in [1.82, 2.24) is 0 Å². The Balaban J connectivity index is 5.23. The number of aliphatic hydroxyl groups excluding tert-OH is 1. The van der Waals surface area contributed by atoms with Crippen molar-refractivity contribution in [3.8, 4) is 0 Å². The van der Waals surface area contributed by atoms with Crippen molar-refractivity contribution in [2.75, 3.05) is 39.6 Å². The van der Waals surface area contributed by atoms with Gasteiger partial charge in [0.1, 0.15) is 19.3 Å². The van der Waals surface area contributed by atoms with E-state index in [4.69, 9.17) is 37.0 Å². The van der Waals surface area contributed by atoms with Crippen LogP contribution in [-0.4, -0.2) is 96.7 Å². The van der Waals surface area contributed by atoms with Crippen LogP contribution in [0.5, 0.6) is 0 Å². The number of hydrogen-bond donors (Lipinski definition) is 3. The molecule has 6 atom stereocenters. The predicted octanol–water partition coefficient (Wildman–Crippen LogP) is 18.7. The summed E-state index contributed by atoms with van der Waals surface area (Å²) in [5.41, 5.74) is 0. The van der Waals surface area contributed by atoms with E-state index < -0.39 is 97.5 Å². The van der Waals surface area contributed by atoms with E-state index in [9.17, 15) is 43.2 Å². The summed E-state index contributed by atoms with van der Waals surface area (Å²) in [7, 11) is -9.89. The minimum absolute atomic E-state index is 0.102. The lowest BCUT2D eigenvalue weighted by Gasteiger charge is -2.21. The molecule has 0 heterocycles. The SMILES string of the molecule is CCCCCCCCCCCCCC(=O)OC[C@H](COP(=O)(O)OC[C@@H](O)COP(=O)(O)OC[C@@H](COC(=O)CCCCCCCCC(C)C)OC(=O)CCCCCCCCC(C)CC)OC(=O)CCCCCCCCCCCCCCCC(C)C. The van der Waals surface area contributed by atoms with Crippen LogP contribution < -0.4 is 0 Å². The van der Waals surface area contributed by atoms with Crippen molar-refractivity contribution in [2.24, 2.45) is 17.8 Å². The van der Waals surface area contributed by atoms with E-state index in [0.717, 1.165) is 108 Å². The summed E-state index contributed by atoms with van der Waals surface area (Å²) in [5.74, 6) is 0.0515. The molecule has 0 aliphatic carbocycles. The van der Waals surface area contributed by atoms with Gasteiger partial charge in [0.2, 0.25) is 0 Å². The predicted molar refractivity (Wildman–Crippen MR) is 344 cm³/mol. The van der Waals surface area contributed by atoms with Crippen LogP contribution in [0.25, 0.3) is 0 Å². The highest BCUT2D eigenvalue weighted by Crippen LogP contribution is 2.45. The zero-order valence-electron chi connectivity index (χ0n) is 55.8. The molecular weight excluding hydrogens is 1140 g/mol. The molecule has 0 saturated carbocycles. The summed E-state index contributed by atoms with van der Waals surface area (Å²) in [6.07, 6.45) is 40.5. The number of phosphoric ester groups is 2. The minimum atomic E-state index is -4.95. The van der Waals surface area contributed by atoms with Gasteiger partial charge in [0.05, 0.1) is 26.4 Å². The minimum Gasteiger partial charge on any atom is -0.462 e. The second kappa shape index (κ2) is 58.2. The fourth-order valence-corrected chi connectivity index (χ4v) is 11.6. The topological polar surface area (TPSA) is 237 Å². The maximum absolute atomic E-state index is 13.0. The van der Waals surface area contributed by atoms with Gasteiger partial charge in [-0.15, -0.1) is 0 Å². The van der Waals surface area contributed by atoms with Gasteiger partial charge >= 0.3 is 39.5 Å². The van der Waals surface area contributed by atoms with E-state index in [1.54, 1.807) is 0 Å². The Morgan fingerprint density at radius 2 is 0.593 bits per heavy atom. The third-order valence-corrected chi connectivity index (χ3v) is 17.6. The van der Waals surface area contributed by atoms with E-state index in [1.807, 2.05) is 0 Å². The second-order valence-corrected chi connectivity index (χ2v) is 28.3. The molecule has 0 aromatic carbocycles. The van der Waals surface area contributed by atoms with E-state index in [1.165, 1.54) is 135 Å². The lowest BCUT2D eigenvalue weighted by atomic mass is 10.00. The van der Waals surface area contributed by atoms with Gasteiger partial charge in [0.25, 0.3) is 0 Å². The first-order chi connectivity index (χ1) is 41.3. The summed E-state index contributed by atoms with van der Waals surface area (Å²) in [6.45, 7) is 11.7. The third-order valence-electron chi connectivity index (χ3n) is 15.7. The fraction of sp³-hybridized carbons (Fsp3) is 0.940. The standard InChI is InChI=1S/C67H130O17P2/c1-8-10-11-12-13-14-18-22-25-34-41-48-64(69)77-54-62(83-66(71)50-43-36-26-23-20-17-15-16-19-21-24-31-38-45-58(3)4)56-81-85(73,74)79-52-61(68)53-80-86(75,76)82-57-63(55-78-65(70)49-42-35-29-27-32-39-46-59(5)6)84-67(72)51-44-37-30-28-33-40-47-60(7)9-2/h58-63,68H,8-57H2,1-7H3,(H,73,74)(H,75,76)/t60?,61-,62-,63-/m1/s1. The number of ether oxygens (including phenoxy) is 4.